The van der Waals surface area contributed by atoms with Gasteiger partial charge in [-0.25, -0.2) is 0 Å². The molecule has 21 heavy (non-hydrogen) atoms. The molecule has 0 radical (unpaired) electrons. The molecule has 1 N–H and O–H groups in total. The Morgan fingerprint density at radius 1 is 1.24 bits per heavy atom. The van der Waals surface area contributed by atoms with E-state index in [9.17, 15) is 18.3 Å². The minimum Gasteiger partial charge on any atom is -0.462 e. The van der Waals surface area contributed by atoms with E-state index in [2.05, 4.69) is 0 Å². The van der Waals surface area contributed by atoms with Crippen LogP contribution in [0.25, 0.3) is 0 Å². The monoisotopic (exact) mass is 320 g/mol. The zero-order chi connectivity index (χ0) is 15.7. The summed E-state index contributed by atoms with van der Waals surface area (Å²) in [7, 11) is -3.59. The first kappa shape index (κ1) is 16.7. The molecule has 0 heterocycles. The third-order valence-electron chi connectivity index (χ3n) is 4.90. The van der Waals surface area contributed by atoms with Gasteiger partial charge in [0.2, 0.25) is 0 Å². The van der Waals surface area contributed by atoms with E-state index in [0.29, 0.717) is 19.3 Å². The van der Waals surface area contributed by atoms with Gasteiger partial charge in [-0.15, -0.1) is 0 Å². The summed E-state index contributed by atoms with van der Waals surface area (Å²) in [6.45, 7) is 1.29. The molecule has 0 aliphatic heterocycles. The van der Waals surface area contributed by atoms with Gasteiger partial charge >= 0.3 is 5.97 Å². The molecular formula is C14H24O6S. The fraction of sp³-hybridized carbons (Fsp3) is 0.929. The van der Waals surface area contributed by atoms with Gasteiger partial charge in [0.25, 0.3) is 10.1 Å². The van der Waals surface area contributed by atoms with Crippen LogP contribution < -0.4 is 0 Å². The van der Waals surface area contributed by atoms with E-state index in [1.165, 1.54) is 6.92 Å². The molecule has 0 amide bonds. The lowest BCUT2D eigenvalue weighted by atomic mass is 9.63. The van der Waals surface area contributed by atoms with Crippen LogP contribution in [0.5, 0.6) is 0 Å². The van der Waals surface area contributed by atoms with Crippen molar-refractivity contribution in [1.29, 1.82) is 0 Å². The van der Waals surface area contributed by atoms with Gasteiger partial charge < -0.3 is 9.84 Å². The van der Waals surface area contributed by atoms with Crippen molar-refractivity contribution in [3.63, 3.8) is 0 Å². The summed E-state index contributed by atoms with van der Waals surface area (Å²) in [6, 6.07) is 0. The summed E-state index contributed by atoms with van der Waals surface area (Å²) in [5.74, 6) is -0.141. The summed E-state index contributed by atoms with van der Waals surface area (Å²) in [6.07, 6.45) is 4.60. The van der Waals surface area contributed by atoms with Crippen LogP contribution in [0.1, 0.15) is 45.4 Å². The van der Waals surface area contributed by atoms with Gasteiger partial charge in [-0.05, 0) is 44.4 Å². The number of aliphatic hydroxyl groups is 1. The number of carbonyl (C=O) groups is 1. The largest absolute Gasteiger partial charge is 0.462 e. The summed E-state index contributed by atoms with van der Waals surface area (Å²) in [4.78, 5) is 11.4. The predicted molar refractivity (Wildman–Crippen MR) is 76.0 cm³/mol. The Kier molecular flexibility index (Phi) is 4.95. The van der Waals surface area contributed by atoms with Gasteiger partial charge in [0.05, 0.1) is 12.4 Å². The highest BCUT2D eigenvalue weighted by Crippen LogP contribution is 2.56. The summed E-state index contributed by atoms with van der Waals surface area (Å²) >= 11 is 0. The van der Waals surface area contributed by atoms with Crippen LogP contribution in [-0.2, 0) is 23.8 Å². The van der Waals surface area contributed by atoms with Gasteiger partial charge in [0, 0.05) is 18.9 Å². The number of hydrogen-bond acceptors (Lipinski definition) is 6. The zero-order valence-corrected chi connectivity index (χ0v) is 13.4. The molecule has 122 valence electrons. The number of ether oxygens (including phenoxy) is 1. The quantitative estimate of drug-likeness (QED) is 0.605. The van der Waals surface area contributed by atoms with Gasteiger partial charge in [-0.3, -0.25) is 8.98 Å². The lowest BCUT2D eigenvalue weighted by Gasteiger charge is -2.47. The van der Waals surface area contributed by atoms with Crippen molar-refractivity contribution < 1.29 is 27.2 Å². The summed E-state index contributed by atoms with van der Waals surface area (Å²) in [5.41, 5.74) is -0.582. The molecule has 2 saturated carbocycles. The molecule has 0 saturated heterocycles. The van der Waals surface area contributed by atoms with E-state index < -0.39 is 21.6 Å². The standard InChI is InChI=1S/C14H24O6S/c1-10(16)19-12-5-3-4-11-6-7-13(20-21(2,17)18)14(11,12)8-9-15/h11-13,15H,3-9H2,1-2H3/t11-,12?,13-,14+/m1/s1. The molecule has 0 spiro atoms. The number of fused-ring (bicyclic) bond motifs is 1. The van der Waals surface area contributed by atoms with Gasteiger partial charge in [0.1, 0.15) is 6.10 Å². The minimum absolute atomic E-state index is 0.0715. The van der Waals surface area contributed by atoms with E-state index in [-0.39, 0.29) is 24.6 Å². The Hall–Kier alpha value is -0.660. The topological polar surface area (TPSA) is 89.9 Å². The van der Waals surface area contributed by atoms with Crippen LogP contribution in [0.4, 0.5) is 0 Å². The Morgan fingerprint density at radius 3 is 2.52 bits per heavy atom. The highest BCUT2D eigenvalue weighted by atomic mass is 32.2. The second kappa shape index (κ2) is 6.22. The predicted octanol–water partition coefficient (Wildman–Crippen LogP) is 1.23. The SMILES string of the molecule is CC(=O)OC1CCC[C@@H]2CC[C@@H](OS(C)(=O)=O)[C@]12CCO. The van der Waals surface area contributed by atoms with Crippen molar-refractivity contribution in [2.24, 2.45) is 11.3 Å². The number of carbonyl (C=O) groups excluding carboxylic acids is 1. The normalized spacial score (nSPS) is 36.2. The van der Waals surface area contributed by atoms with Gasteiger partial charge in [0.15, 0.2) is 0 Å². The Labute approximate surface area is 125 Å². The van der Waals surface area contributed by atoms with E-state index in [4.69, 9.17) is 8.92 Å². The highest BCUT2D eigenvalue weighted by molar-refractivity contribution is 7.86. The number of rotatable bonds is 5. The Bertz CT molecular complexity index is 488. The number of esters is 1. The zero-order valence-electron chi connectivity index (χ0n) is 12.6. The minimum atomic E-state index is -3.59. The van der Waals surface area contributed by atoms with Crippen LogP contribution >= 0.6 is 0 Å². The third-order valence-corrected chi connectivity index (χ3v) is 5.48. The summed E-state index contributed by atoms with van der Waals surface area (Å²) in [5, 5.41) is 9.48. The van der Waals surface area contributed by atoms with E-state index in [1.807, 2.05) is 0 Å². The second-order valence-corrected chi connectivity index (χ2v) is 7.78. The van der Waals surface area contributed by atoms with Gasteiger partial charge in [-0.1, -0.05) is 0 Å². The first-order valence-corrected chi connectivity index (χ1v) is 9.27. The van der Waals surface area contributed by atoms with Crippen LogP contribution in [0, 0.1) is 11.3 Å². The molecule has 6 nitrogen and oxygen atoms in total. The van der Waals surface area contributed by atoms with E-state index in [0.717, 1.165) is 25.5 Å². The lowest BCUT2D eigenvalue weighted by molar-refractivity contribution is -0.169. The van der Waals surface area contributed by atoms with Gasteiger partial charge in [-0.2, -0.15) is 8.42 Å². The van der Waals surface area contributed by atoms with Crippen molar-refractivity contribution in [3.8, 4) is 0 Å². The molecule has 2 rings (SSSR count). The lowest BCUT2D eigenvalue weighted by Crippen LogP contribution is -2.52. The number of aliphatic hydroxyl groups excluding tert-OH is 1. The van der Waals surface area contributed by atoms with Crippen LogP contribution in [0.2, 0.25) is 0 Å². The maximum absolute atomic E-state index is 11.5. The summed E-state index contributed by atoms with van der Waals surface area (Å²) < 4.78 is 33.9. The molecule has 2 aliphatic rings. The van der Waals surface area contributed by atoms with Crippen molar-refractivity contribution in [2.45, 2.75) is 57.7 Å². The molecule has 2 aliphatic carbocycles. The van der Waals surface area contributed by atoms with E-state index >= 15 is 0 Å². The first-order valence-electron chi connectivity index (χ1n) is 7.46. The molecule has 7 heteroatoms. The molecule has 0 aromatic heterocycles. The molecule has 0 aromatic rings. The van der Waals surface area contributed by atoms with Crippen LogP contribution in [-0.4, -0.2) is 44.6 Å². The molecule has 4 atom stereocenters. The molecule has 1 unspecified atom stereocenters. The average molecular weight is 320 g/mol. The fourth-order valence-corrected chi connectivity index (χ4v) is 4.99. The van der Waals surface area contributed by atoms with Crippen molar-refractivity contribution >= 4 is 16.1 Å². The Balaban J connectivity index is 2.35. The van der Waals surface area contributed by atoms with Crippen molar-refractivity contribution in [3.05, 3.63) is 0 Å². The van der Waals surface area contributed by atoms with Crippen LogP contribution in [0.3, 0.4) is 0 Å². The second-order valence-electron chi connectivity index (χ2n) is 6.18. The maximum Gasteiger partial charge on any atom is 0.302 e. The molecular weight excluding hydrogens is 296 g/mol. The highest BCUT2D eigenvalue weighted by Gasteiger charge is 2.58. The smallest absolute Gasteiger partial charge is 0.302 e. The van der Waals surface area contributed by atoms with Crippen molar-refractivity contribution in [2.75, 3.05) is 12.9 Å². The van der Waals surface area contributed by atoms with E-state index in [1.54, 1.807) is 0 Å². The Morgan fingerprint density at radius 2 is 1.95 bits per heavy atom. The fourth-order valence-electron chi connectivity index (χ4n) is 4.29. The average Bonchev–Trinajstić information content (AvgIpc) is 2.68. The van der Waals surface area contributed by atoms with Crippen LogP contribution in [0.15, 0.2) is 0 Å². The molecule has 2 fully saturated rings. The van der Waals surface area contributed by atoms with Crippen molar-refractivity contribution in [1.82, 2.24) is 0 Å². The molecule has 0 bridgehead atoms. The molecule has 0 aromatic carbocycles. The maximum atomic E-state index is 11.5. The first-order chi connectivity index (χ1) is 9.79. The third kappa shape index (κ3) is 3.40. The number of hydrogen-bond donors (Lipinski definition) is 1.